The Hall–Kier alpha value is -2.82. The van der Waals surface area contributed by atoms with Gasteiger partial charge in [-0.15, -0.1) is 0 Å². The number of rotatable bonds is 8. The van der Waals surface area contributed by atoms with Gasteiger partial charge < -0.3 is 14.8 Å². The predicted octanol–water partition coefficient (Wildman–Crippen LogP) is 4.97. The Bertz CT molecular complexity index is 752. The summed E-state index contributed by atoms with van der Waals surface area (Å²) < 4.78 is 11.1. The molecule has 0 unspecified atom stereocenters. The molecule has 2 aromatic carbocycles. The van der Waals surface area contributed by atoms with Crippen LogP contribution in [0.15, 0.2) is 54.6 Å². The molecule has 5 heteroatoms. The van der Waals surface area contributed by atoms with Gasteiger partial charge in [0.2, 0.25) is 5.91 Å². The van der Waals surface area contributed by atoms with E-state index >= 15 is 0 Å². The number of amides is 1. The lowest BCUT2D eigenvalue weighted by Gasteiger charge is -2.21. The van der Waals surface area contributed by atoms with E-state index in [2.05, 4.69) is 5.32 Å². The summed E-state index contributed by atoms with van der Waals surface area (Å²) in [5, 5.41) is 2.84. The summed E-state index contributed by atoms with van der Waals surface area (Å²) in [6.07, 6.45) is 6.42. The summed E-state index contributed by atoms with van der Waals surface area (Å²) in [6, 6.07) is 16.4. The standard InChI is InChI=1S/C23H27NO4/c25-22(12-7-17-27-20-8-3-1-4-9-20)24-19-15-13-18(14-16-19)23(26)28-21-10-5-2-6-11-21/h1,3-4,8-9,13-16,21H,2,5-7,10-12,17H2,(H,24,25). The van der Waals surface area contributed by atoms with Gasteiger partial charge in [0.05, 0.1) is 12.2 Å². The molecule has 3 rings (SSSR count). The number of anilines is 1. The maximum atomic E-state index is 12.2. The Labute approximate surface area is 166 Å². The number of esters is 1. The zero-order chi connectivity index (χ0) is 19.6. The van der Waals surface area contributed by atoms with Crippen LogP contribution >= 0.6 is 0 Å². The first kappa shape index (κ1) is 19.9. The Morgan fingerprint density at radius 2 is 1.64 bits per heavy atom. The topological polar surface area (TPSA) is 64.6 Å². The quantitative estimate of drug-likeness (QED) is 0.518. The van der Waals surface area contributed by atoms with Gasteiger partial charge in [0.1, 0.15) is 11.9 Å². The van der Waals surface area contributed by atoms with Crippen molar-refractivity contribution in [2.45, 2.75) is 51.0 Å². The molecule has 0 atom stereocenters. The lowest BCUT2D eigenvalue weighted by Crippen LogP contribution is -2.21. The summed E-state index contributed by atoms with van der Waals surface area (Å²) in [7, 11) is 0. The largest absolute Gasteiger partial charge is 0.494 e. The van der Waals surface area contributed by atoms with Gasteiger partial charge in [0.15, 0.2) is 0 Å². The van der Waals surface area contributed by atoms with Gasteiger partial charge in [-0.1, -0.05) is 24.6 Å². The van der Waals surface area contributed by atoms with Crippen LogP contribution in [0.2, 0.25) is 0 Å². The summed E-state index contributed by atoms with van der Waals surface area (Å²) >= 11 is 0. The van der Waals surface area contributed by atoms with Crippen molar-refractivity contribution in [2.75, 3.05) is 11.9 Å². The SMILES string of the molecule is O=C(CCCOc1ccccc1)Nc1ccc(C(=O)OC2CCCCC2)cc1. The first-order valence-electron chi connectivity index (χ1n) is 9.99. The summed E-state index contributed by atoms with van der Waals surface area (Å²) in [5.41, 5.74) is 1.18. The molecule has 28 heavy (non-hydrogen) atoms. The van der Waals surface area contributed by atoms with Crippen molar-refractivity contribution in [1.82, 2.24) is 0 Å². The van der Waals surface area contributed by atoms with Crippen molar-refractivity contribution in [3.8, 4) is 5.75 Å². The van der Waals surface area contributed by atoms with Gasteiger partial charge in [0, 0.05) is 12.1 Å². The third kappa shape index (κ3) is 6.41. The van der Waals surface area contributed by atoms with E-state index in [4.69, 9.17) is 9.47 Å². The van der Waals surface area contributed by atoms with Crippen molar-refractivity contribution in [2.24, 2.45) is 0 Å². The van der Waals surface area contributed by atoms with Crippen molar-refractivity contribution in [3.63, 3.8) is 0 Å². The highest BCUT2D eigenvalue weighted by atomic mass is 16.5. The molecule has 1 aliphatic rings. The zero-order valence-corrected chi connectivity index (χ0v) is 16.1. The number of para-hydroxylation sites is 1. The second-order valence-corrected chi connectivity index (χ2v) is 7.06. The molecule has 0 saturated heterocycles. The minimum atomic E-state index is -0.289. The van der Waals surface area contributed by atoms with E-state index in [-0.39, 0.29) is 18.0 Å². The number of hydrogen-bond acceptors (Lipinski definition) is 4. The molecular weight excluding hydrogens is 354 g/mol. The normalized spacial score (nSPS) is 14.3. The smallest absolute Gasteiger partial charge is 0.338 e. The minimum absolute atomic E-state index is 0.0405. The number of ether oxygens (including phenoxy) is 2. The molecular formula is C23H27NO4. The van der Waals surface area contributed by atoms with E-state index in [1.54, 1.807) is 24.3 Å². The van der Waals surface area contributed by atoms with Crippen molar-refractivity contribution in [1.29, 1.82) is 0 Å². The number of carbonyl (C=O) groups is 2. The lowest BCUT2D eigenvalue weighted by atomic mass is 9.98. The third-order valence-corrected chi connectivity index (χ3v) is 4.79. The number of nitrogens with one attached hydrogen (secondary N) is 1. The van der Waals surface area contributed by atoms with E-state index in [0.29, 0.717) is 30.7 Å². The summed E-state index contributed by atoms with van der Waals surface area (Å²) in [4.78, 5) is 24.3. The second-order valence-electron chi connectivity index (χ2n) is 7.06. The van der Waals surface area contributed by atoms with Gasteiger partial charge in [-0.2, -0.15) is 0 Å². The van der Waals surface area contributed by atoms with Crippen LogP contribution in [-0.4, -0.2) is 24.6 Å². The molecule has 148 valence electrons. The molecule has 0 aliphatic heterocycles. The fourth-order valence-electron chi connectivity index (χ4n) is 3.25. The van der Waals surface area contributed by atoms with Crippen LogP contribution < -0.4 is 10.1 Å². The zero-order valence-electron chi connectivity index (χ0n) is 16.1. The number of benzene rings is 2. The molecule has 0 aromatic heterocycles. The molecule has 0 radical (unpaired) electrons. The first-order valence-corrected chi connectivity index (χ1v) is 9.99. The summed E-state index contributed by atoms with van der Waals surface area (Å²) in [5.74, 6) is 0.440. The van der Waals surface area contributed by atoms with Crippen LogP contribution in [0.5, 0.6) is 5.75 Å². The Balaban J connectivity index is 1.38. The van der Waals surface area contributed by atoms with Crippen molar-refractivity contribution < 1.29 is 19.1 Å². The Kier molecular flexibility index (Phi) is 7.47. The van der Waals surface area contributed by atoms with Crippen LogP contribution in [0.1, 0.15) is 55.3 Å². The predicted molar refractivity (Wildman–Crippen MR) is 109 cm³/mol. The van der Waals surface area contributed by atoms with Gasteiger partial charge in [-0.05, 0) is 68.5 Å². The van der Waals surface area contributed by atoms with Gasteiger partial charge in [-0.3, -0.25) is 4.79 Å². The van der Waals surface area contributed by atoms with E-state index < -0.39 is 0 Å². The van der Waals surface area contributed by atoms with E-state index in [1.165, 1.54) is 6.42 Å². The second kappa shape index (κ2) is 10.5. The maximum Gasteiger partial charge on any atom is 0.338 e. The van der Waals surface area contributed by atoms with E-state index in [1.807, 2.05) is 30.3 Å². The Morgan fingerprint density at radius 1 is 0.929 bits per heavy atom. The van der Waals surface area contributed by atoms with E-state index in [9.17, 15) is 9.59 Å². The van der Waals surface area contributed by atoms with Crippen molar-refractivity contribution in [3.05, 3.63) is 60.2 Å². The molecule has 1 fully saturated rings. The molecule has 0 bridgehead atoms. The highest BCUT2D eigenvalue weighted by molar-refractivity contribution is 5.93. The van der Waals surface area contributed by atoms with E-state index in [0.717, 1.165) is 31.4 Å². The third-order valence-electron chi connectivity index (χ3n) is 4.79. The fraction of sp³-hybridized carbons (Fsp3) is 0.391. The average molecular weight is 381 g/mol. The Morgan fingerprint density at radius 3 is 2.36 bits per heavy atom. The van der Waals surface area contributed by atoms with Crippen LogP contribution in [0, 0.1) is 0 Å². The minimum Gasteiger partial charge on any atom is -0.494 e. The van der Waals surface area contributed by atoms with Crippen molar-refractivity contribution >= 4 is 17.6 Å². The number of carbonyl (C=O) groups excluding carboxylic acids is 2. The highest BCUT2D eigenvalue weighted by Gasteiger charge is 2.18. The molecule has 0 spiro atoms. The van der Waals surface area contributed by atoms with Crippen LogP contribution in [-0.2, 0) is 9.53 Å². The van der Waals surface area contributed by atoms with Crippen LogP contribution in [0.3, 0.4) is 0 Å². The molecule has 5 nitrogen and oxygen atoms in total. The number of hydrogen-bond donors (Lipinski definition) is 1. The highest BCUT2D eigenvalue weighted by Crippen LogP contribution is 2.22. The van der Waals surface area contributed by atoms with Gasteiger partial charge >= 0.3 is 5.97 Å². The summed E-state index contributed by atoms with van der Waals surface area (Å²) in [6.45, 7) is 0.489. The molecule has 2 aromatic rings. The monoisotopic (exact) mass is 381 g/mol. The fourth-order valence-corrected chi connectivity index (χ4v) is 3.25. The first-order chi connectivity index (χ1) is 13.7. The average Bonchev–Trinajstić information content (AvgIpc) is 2.73. The van der Waals surface area contributed by atoms with Gasteiger partial charge in [-0.25, -0.2) is 4.79 Å². The molecule has 1 N–H and O–H groups in total. The lowest BCUT2D eigenvalue weighted by molar-refractivity contribution is -0.116. The van der Waals surface area contributed by atoms with Crippen LogP contribution in [0.4, 0.5) is 5.69 Å². The molecule has 0 heterocycles. The molecule has 1 amide bonds. The van der Waals surface area contributed by atoms with Crippen LogP contribution in [0.25, 0.3) is 0 Å². The maximum absolute atomic E-state index is 12.2. The molecule has 1 aliphatic carbocycles. The van der Waals surface area contributed by atoms with Gasteiger partial charge in [0.25, 0.3) is 0 Å². The molecule has 1 saturated carbocycles.